The maximum atomic E-state index is 12.0. The third kappa shape index (κ3) is 3.49. The van der Waals surface area contributed by atoms with Crippen LogP contribution in [0.3, 0.4) is 0 Å². The second-order valence-electron chi connectivity index (χ2n) is 5.05. The molecule has 5 heteroatoms. The van der Waals surface area contributed by atoms with E-state index in [1.165, 1.54) is 0 Å². The summed E-state index contributed by atoms with van der Waals surface area (Å²) in [6.45, 7) is 3.00. The maximum Gasteiger partial charge on any atom is 0.260 e. The van der Waals surface area contributed by atoms with Gasteiger partial charge < -0.3 is 14.7 Å². The second-order valence-corrected chi connectivity index (χ2v) is 5.05. The van der Waals surface area contributed by atoms with Crippen molar-refractivity contribution in [1.29, 1.82) is 5.26 Å². The van der Waals surface area contributed by atoms with Crippen LogP contribution in [0.4, 0.5) is 0 Å². The number of carbonyl (C=O) groups excluding carboxylic acids is 1. The molecule has 1 aromatic rings. The molecule has 1 N–H and O–H groups in total. The molecule has 2 unspecified atom stereocenters. The van der Waals surface area contributed by atoms with Gasteiger partial charge in [-0.05, 0) is 37.6 Å². The van der Waals surface area contributed by atoms with Gasteiger partial charge >= 0.3 is 0 Å². The molecule has 1 saturated heterocycles. The summed E-state index contributed by atoms with van der Waals surface area (Å²) in [7, 11) is 0. The van der Waals surface area contributed by atoms with Crippen molar-refractivity contribution in [3.05, 3.63) is 29.8 Å². The lowest BCUT2D eigenvalue weighted by Crippen LogP contribution is -2.34. The lowest BCUT2D eigenvalue weighted by Gasteiger charge is -2.18. The van der Waals surface area contributed by atoms with Crippen LogP contribution in [0.15, 0.2) is 24.3 Å². The molecule has 0 radical (unpaired) electrons. The van der Waals surface area contributed by atoms with E-state index in [0.717, 1.165) is 6.42 Å². The van der Waals surface area contributed by atoms with Gasteiger partial charge in [0.2, 0.25) is 0 Å². The monoisotopic (exact) mass is 274 g/mol. The fourth-order valence-electron chi connectivity index (χ4n) is 2.27. The van der Waals surface area contributed by atoms with Gasteiger partial charge in [0, 0.05) is 19.0 Å². The highest BCUT2D eigenvalue weighted by Crippen LogP contribution is 2.20. The van der Waals surface area contributed by atoms with E-state index in [9.17, 15) is 9.90 Å². The lowest BCUT2D eigenvalue weighted by molar-refractivity contribution is -0.132. The summed E-state index contributed by atoms with van der Waals surface area (Å²) >= 11 is 0. The number of benzene rings is 1. The fourth-order valence-corrected chi connectivity index (χ4v) is 2.27. The van der Waals surface area contributed by atoms with E-state index in [4.69, 9.17) is 10.00 Å². The van der Waals surface area contributed by atoms with Crippen LogP contribution in [0.2, 0.25) is 0 Å². The first-order valence-electron chi connectivity index (χ1n) is 6.69. The summed E-state index contributed by atoms with van der Waals surface area (Å²) in [5.74, 6) is 0.662. The van der Waals surface area contributed by atoms with Crippen LogP contribution < -0.4 is 4.74 Å². The van der Waals surface area contributed by atoms with Crippen molar-refractivity contribution in [3.63, 3.8) is 0 Å². The summed E-state index contributed by atoms with van der Waals surface area (Å²) in [4.78, 5) is 13.7. The van der Waals surface area contributed by atoms with E-state index in [-0.39, 0.29) is 24.5 Å². The topological polar surface area (TPSA) is 73.6 Å². The molecule has 0 aliphatic carbocycles. The standard InChI is InChI=1S/C15H18N2O3/c1-11(18)13-6-7-17(9-13)15(19)10-20-14-4-2-12(8-16)3-5-14/h2-5,11,13,18H,6-7,9-10H2,1H3. The van der Waals surface area contributed by atoms with Gasteiger partial charge in [-0.1, -0.05) is 0 Å². The van der Waals surface area contributed by atoms with Crippen LogP contribution in [0, 0.1) is 17.2 Å². The third-order valence-electron chi connectivity index (χ3n) is 3.61. The van der Waals surface area contributed by atoms with E-state index in [0.29, 0.717) is 24.4 Å². The van der Waals surface area contributed by atoms with Crippen molar-refractivity contribution in [2.24, 2.45) is 5.92 Å². The normalized spacial score (nSPS) is 19.4. The minimum Gasteiger partial charge on any atom is -0.484 e. The van der Waals surface area contributed by atoms with Crippen molar-refractivity contribution in [2.45, 2.75) is 19.4 Å². The molecule has 0 saturated carbocycles. The molecule has 1 fully saturated rings. The molecule has 1 amide bonds. The van der Waals surface area contributed by atoms with Crippen molar-refractivity contribution < 1.29 is 14.6 Å². The molecule has 2 atom stereocenters. The third-order valence-corrected chi connectivity index (χ3v) is 3.61. The Morgan fingerprint density at radius 1 is 1.55 bits per heavy atom. The average molecular weight is 274 g/mol. The van der Waals surface area contributed by atoms with Gasteiger partial charge in [0.05, 0.1) is 17.7 Å². The molecule has 2 rings (SSSR count). The molecule has 1 aliphatic rings. The number of rotatable bonds is 4. The maximum absolute atomic E-state index is 12.0. The lowest BCUT2D eigenvalue weighted by atomic mass is 10.0. The van der Waals surface area contributed by atoms with E-state index < -0.39 is 0 Å². The number of hydrogen-bond donors (Lipinski definition) is 1. The highest BCUT2D eigenvalue weighted by atomic mass is 16.5. The Kier molecular flexibility index (Phi) is 4.59. The summed E-state index contributed by atoms with van der Waals surface area (Å²) in [5.41, 5.74) is 0.558. The van der Waals surface area contributed by atoms with Crippen LogP contribution in [0.5, 0.6) is 5.75 Å². The highest BCUT2D eigenvalue weighted by molar-refractivity contribution is 5.78. The summed E-state index contributed by atoms with van der Waals surface area (Å²) in [6, 6.07) is 8.68. The van der Waals surface area contributed by atoms with Crippen LogP contribution in [-0.4, -0.2) is 41.7 Å². The molecule has 0 bridgehead atoms. The number of amides is 1. The van der Waals surface area contributed by atoms with E-state index >= 15 is 0 Å². The van der Waals surface area contributed by atoms with Crippen molar-refractivity contribution in [3.8, 4) is 11.8 Å². The number of aliphatic hydroxyl groups excluding tert-OH is 1. The molecule has 1 aromatic carbocycles. The highest BCUT2D eigenvalue weighted by Gasteiger charge is 2.29. The average Bonchev–Trinajstić information content (AvgIpc) is 2.95. The fraction of sp³-hybridized carbons (Fsp3) is 0.467. The number of carbonyl (C=O) groups is 1. The van der Waals surface area contributed by atoms with Crippen molar-refractivity contribution in [2.75, 3.05) is 19.7 Å². The minimum atomic E-state index is -0.382. The molecular weight excluding hydrogens is 256 g/mol. The van der Waals surface area contributed by atoms with E-state index in [2.05, 4.69) is 0 Å². The van der Waals surface area contributed by atoms with Gasteiger partial charge in [-0.3, -0.25) is 4.79 Å². The summed E-state index contributed by atoms with van der Waals surface area (Å²) in [5, 5.41) is 18.2. The first kappa shape index (κ1) is 14.4. The quantitative estimate of drug-likeness (QED) is 0.894. The Hall–Kier alpha value is -2.06. The molecule has 106 valence electrons. The first-order valence-corrected chi connectivity index (χ1v) is 6.69. The summed E-state index contributed by atoms with van der Waals surface area (Å²) in [6.07, 6.45) is 0.451. The molecule has 0 spiro atoms. The Morgan fingerprint density at radius 3 is 2.80 bits per heavy atom. The number of ether oxygens (including phenoxy) is 1. The first-order chi connectivity index (χ1) is 9.60. The minimum absolute atomic E-state index is 0.0154. The Morgan fingerprint density at radius 2 is 2.25 bits per heavy atom. The van der Waals surface area contributed by atoms with Crippen LogP contribution in [0.1, 0.15) is 18.9 Å². The molecule has 1 heterocycles. The zero-order valence-corrected chi connectivity index (χ0v) is 11.5. The summed E-state index contributed by atoms with van der Waals surface area (Å²) < 4.78 is 5.41. The van der Waals surface area contributed by atoms with Crippen LogP contribution in [0.25, 0.3) is 0 Å². The van der Waals surface area contributed by atoms with Gasteiger partial charge in [-0.25, -0.2) is 0 Å². The molecule has 1 aliphatic heterocycles. The van der Waals surface area contributed by atoms with Gasteiger partial charge in [0.25, 0.3) is 5.91 Å². The van der Waals surface area contributed by atoms with E-state index in [1.54, 1.807) is 36.1 Å². The predicted molar refractivity (Wildman–Crippen MR) is 73.0 cm³/mol. The van der Waals surface area contributed by atoms with Crippen LogP contribution >= 0.6 is 0 Å². The van der Waals surface area contributed by atoms with Crippen LogP contribution in [-0.2, 0) is 4.79 Å². The van der Waals surface area contributed by atoms with Gasteiger partial charge in [0.1, 0.15) is 5.75 Å². The smallest absolute Gasteiger partial charge is 0.260 e. The number of likely N-dealkylation sites (tertiary alicyclic amines) is 1. The van der Waals surface area contributed by atoms with Gasteiger partial charge in [0.15, 0.2) is 6.61 Å². The van der Waals surface area contributed by atoms with Crippen molar-refractivity contribution >= 4 is 5.91 Å². The van der Waals surface area contributed by atoms with Gasteiger partial charge in [-0.15, -0.1) is 0 Å². The number of hydrogen-bond acceptors (Lipinski definition) is 4. The number of nitriles is 1. The number of aliphatic hydroxyl groups is 1. The Labute approximate surface area is 118 Å². The largest absolute Gasteiger partial charge is 0.484 e. The molecule has 5 nitrogen and oxygen atoms in total. The Balaban J connectivity index is 1.82. The number of nitrogens with zero attached hydrogens (tertiary/aromatic N) is 2. The molecular formula is C15H18N2O3. The van der Waals surface area contributed by atoms with E-state index in [1.807, 2.05) is 6.07 Å². The zero-order valence-electron chi connectivity index (χ0n) is 11.5. The SMILES string of the molecule is CC(O)C1CCN(C(=O)COc2ccc(C#N)cc2)C1. The predicted octanol–water partition coefficient (Wildman–Crippen LogP) is 1.17. The zero-order chi connectivity index (χ0) is 14.5. The van der Waals surface area contributed by atoms with Gasteiger partial charge in [-0.2, -0.15) is 5.26 Å². The van der Waals surface area contributed by atoms with Crippen molar-refractivity contribution in [1.82, 2.24) is 4.90 Å². The Bertz CT molecular complexity index is 505. The second kappa shape index (κ2) is 6.40. The molecule has 0 aromatic heterocycles. The molecule has 20 heavy (non-hydrogen) atoms.